The van der Waals surface area contributed by atoms with E-state index in [9.17, 15) is 4.79 Å². The standard InChI is InChI=1S/C13H11NOS/c15-13-11-7-2-1-5-9(11)10-6-3-4-8-12(10)14-16-13/h2-4,6-8,14H,1,5H2. The number of nitrogens with one attached hydrogen (secondary N) is 1. The topological polar surface area (TPSA) is 29.1 Å². The highest BCUT2D eigenvalue weighted by Crippen LogP contribution is 2.38. The molecule has 1 aromatic carbocycles. The Labute approximate surface area is 98.6 Å². The number of hydrogen-bond donors (Lipinski definition) is 1. The van der Waals surface area contributed by atoms with E-state index in [1.807, 2.05) is 24.3 Å². The van der Waals surface area contributed by atoms with Crippen LogP contribution in [0.5, 0.6) is 0 Å². The van der Waals surface area contributed by atoms with Crippen LogP contribution < -0.4 is 4.72 Å². The number of anilines is 1. The maximum Gasteiger partial charge on any atom is 0.239 e. The van der Waals surface area contributed by atoms with E-state index < -0.39 is 0 Å². The lowest BCUT2D eigenvalue weighted by molar-refractivity contribution is -0.107. The van der Waals surface area contributed by atoms with E-state index in [0.717, 1.165) is 24.1 Å². The molecule has 0 amide bonds. The van der Waals surface area contributed by atoms with E-state index in [1.165, 1.54) is 23.1 Å². The molecule has 1 aliphatic carbocycles. The SMILES string of the molecule is O=C1SNc2ccccc2C2=C1C=CCC2. The van der Waals surface area contributed by atoms with Gasteiger partial charge in [-0.2, -0.15) is 0 Å². The van der Waals surface area contributed by atoms with Gasteiger partial charge in [0.1, 0.15) is 0 Å². The Balaban J connectivity index is 2.23. The van der Waals surface area contributed by atoms with Crippen LogP contribution in [0.25, 0.3) is 5.57 Å². The molecule has 1 N–H and O–H groups in total. The highest BCUT2D eigenvalue weighted by atomic mass is 32.2. The molecule has 0 spiro atoms. The van der Waals surface area contributed by atoms with Crippen LogP contribution in [0.4, 0.5) is 5.69 Å². The lowest BCUT2D eigenvalue weighted by Gasteiger charge is -2.13. The van der Waals surface area contributed by atoms with Crippen molar-refractivity contribution in [2.75, 3.05) is 4.72 Å². The molecule has 0 aromatic heterocycles. The Hall–Kier alpha value is -1.48. The van der Waals surface area contributed by atoms with E-state index in [4.69, 9.17) is 0 Å². The average molecular weight is 229 g/mol. The summed E-state index contributed by atoms with van der Waals surface area (Å²) in [5.41, 5.74) is 4.25. The number of benzene rings is 1. The van der Waals surface area contributed by atoms with Crippen LogP contribution in [0.15, 0.2) is 42.0 Å². The number of carbonyl (C=O) groups is 1. The normalized spacial score (nSPS) is 18.6. The minimum atomic E-state index is 0.113. The summed E-state index contributed by atoms with van der Waals surface area (Å²) >= 11 is 1.17. The number of fused-ring (bicyclic) bond motifs is 2. The van der Waals surface area contributed by atoms with Crippen molar-refractivity contribution in [3.63, 3.8) is 0 Å². The molecule has 1 aliphatic heterocycles. The second-order valence-electron chi connectivity index (χ2n) is 3.87. The first kappa shape index (κ1) is 9.73. The molecule has 80 valence electrons. The Morgan fingerprint density at radius 1 is 1.25 bits per heavy atom. The molecule has 3 rings (SSSR count). The molecular weight excluding hydrogens is 218 g/mol. The van der Waals surface area contributed by atoms with Gasteiger partial charge in [-0.3, -0.25) is 4.79 Å². The second kappa shape index (κ2) is 3.83. The molecule has 0 bridgehead atoms. The summed E-state index contributed by atoms with van der Waals surface area (Å²) in [7, 11) is 0. The number of carbonyl (C=O) groups excluding carboxylic acids is 1. The lowest BCUT2D eigenvalue weighted by Crippen LogP contribution is -2.00. The Kier molecular flexibility index (Phi) is 2.33. The average Bonchev–Trinajstić information content (AvgIpc) is 2.49. The number of allylic oxidation sites excluding steroid dienone is 3. The lowest BCUT2D eigenvalue weighted by atomic mass is 9.91. The summed E-state index contributed by atoms with van der Waals surface area (Å²) in [4.78, 5) is 11.9. The van der Waals surface area contributed by atoms with E-state index >= 15 is 0 Å². The zero-order valence-electron chi connectivity index (χ0n) is 8.69. The van der Waals surface area contributed by atoms with Crippen LogP contribution in [0.1, 0.15) is 18.4 Å². The molecule has 3 heteroatoms. The molecule has 1 aromatic rings. The van der Waals surface area contributed by atoms with Gasteiger partial charge in [0.05, 0.1) is 5.69 Å². The molecule has 0 atom stereocenters. The summed E-state index contributed by atoms with van der Waals surface area (Å²) < 4.78 is 3.12. The first-order valence-electron chi connectivity index (χ1n) is 5.32. The largest absolute Gasteiger partial charge is 0.322 e. The van der Waals surface area contributed by atoms with Crippen LogP contribution in [0.3, 0.4) is 0 Å². The number of hydrogen-bond acceptors (Lipinski definition) is 3. The fourth-order valence-electron chi connectivity index (χ4n) is 2.13. The molecule has 0 radical (unpaired) electrons. The maximum atomic E-state index is 11.9. The first-order chi connectivity index (χ1) is 7.86. The van der Waals surface area contributed by atoms with Gasteiger partial charge < -0.3 is 4.72 Å². The van der Waals surface area contributed by atoms with Crippen molar-refractivity contribution in [1.29, 1.82) is 0 Å². The van der Waals surface area contributed by atoms with Gasteiger partial charge in [-0.15, -0.1) is 0 Å². The summed E-state index contributed by atoms with van der Waals surface area (Å²) in [6.45, 7) is 0. The van der Waals surface area contributed by atoms with Crippen LogP contribution >= 0.6 is 11.9 Å². The molecule has 0 fully saturated rings. The fourth-order valence-corrected chi connectivity index (χ4v) is 2.81. The number of para-hydroxylation sites is 1. The van der Waals surface area contributed by atoms with Crippen LogP contribution in [0.2, 0.25) is 0 Å². The number of rotatable bonds is 0. The van der Waals surface area contributed by atoms with Gasteiger partial charge in [0.25, 0.3) is 0 Å². The quantitative estimate of drug-likeness (QED) is 0.691. The van der Waals surface area contributed by atoms with Crippen LogP contribution in [0, 0.1) is 0 Å². The van der Waals surface area contributed by atoms with Gasteiger partial charge in [0.2, 0.25) is 5.12 Å². The summed E-state index contributed by atoms with van der Waals surface area (Å²) in [5, 5.41) is 0.113. The van der Waals surface area contributed by atoms with E-state index in [2.05, 4.69) is 16.9 Å². The smallest absolute Gasteiger partial charge is 0.239 e. The summed E-state index contributed by atoms with van der Waals surface area (Å²) in [6.07, 6.45) is 6.01. The van der Waals surface area contributed by atoms with E-state index in [-0.39, 0.29) is 5.12 Å². The van der Waals surface area contributed by atoms with Gasteiger partial charge in [-0.05, 0) is 24.5 Å². The molecule has 16 heavy (non-hydrogen) atoms. The molecule has 0 saturated carbocycles. The molecule has 0 saturated heterocycles. The van der Waals surface area contributed by atoms with Crippen molar-refractivity contribution in [3.8, 4) is 0 Å². The minimum Gasteiger partial charge on any atom is -0.322 e. The van der Waals surface area contributed by atoms with Gasteiger partial charge in [0.15, 0.2) is 0 Å². The van der Waals surface area contributed by atoms with Crippen molar-refractivity contribution in [2.24, 2.45) is 0 Å². The first-order valence-corrected chi connectivity index (χ1v) is 6.14. The minimum absolute atomic E-state index is 0.113. The van der Waals surface area contributed by atoms with Gasteiger partial charge in [-0.25, -0.2) is 0 Å². The Morgan fingerprint density at radius 2 is 2.12 bits per heavy atom. The maximum absolute atomic E-state index is 11.9. The van der Waals surface area contributed by atoms with Crippen molar-refractivity contribution < 1.29 is 4.79 Å². The van der Waals surface area contributed by atoms with Crippen LogP contribution in [-0.4, -0.2) is 5.12 Å². The fraction of sp³-hybridized carbons (Fsp3) is 0.154. The molecule has 1 heterocycles. The third kappa shape index (κ3) is 1.48. The van der Waals surface area contributed by atoms with Crippen LogP contribution in [-0.2, 0) is 4.79 Å². The summed E-state index contributed by atoms with van der Waals surface area (Å²) in [5.74, 6) is 0. The molecule has 2 aliphatic rings. The predicted octanol–water partition coefficient (Wildman–Crippen LogP) is 3.39. The van der Waals surface area contributed by atoms with Crippen molar-refractivity contribution >= 4 is 28.3 Å². The predicted molar refractivity (Wildman–Crippen MR) is 68.0 cm³/mol. The molecule has 2 nitrogen and oxygen atoms in total. The third-order valence-corrected chi connectivity index (χ3v) is 3.62. The summed E-state index contributed by atoms with van der Waals surface area (Å²) in [6, 6.07) is 8.10. The Bertz CT molecular complexity index is 516. The monoisotopic (exact) mass is 229 g/mol. The van der Waals surface area contributed by atoms with Gasteiger partial charge >= 0.3 is 0 Å². The zero-order chi connectivity index (χ0) is 11.0. The van der Waals surface area contributed by atoms with E-state index in [1.54, 1.807) is 0 Å². The Morgan fingerprint density at radius 3 is 3.06 bits per heavy atom. The molecular formula is C13H11NOS. The van der Waals surface area contributed by atoms with E-state index in [0.29, 0.717) is 0 Å². The van der Waals surface area contributed by atoms with Crippen molar-refractivity contribution in [3.05, 3.63) is 47.6 Å². The highest BCUT2D eigenvalue weighted by Gasteiger charge is 2.22. The van der Waals surface area contributed by atoms with Crippen molar-refractivity contribution in [2.45, 2.75) is 12.8 Å². The van der Waals surface area contributed by atoms with Crippen molar-refractivity contribution in [1.82, 2.24) is 0 Å². The highest BCUT2D eigenvalue weighted by molar-refractivity contribution is 8.15. The van der Waals surface area contributed by atoms with Gasteiger partial charge in [0, 0.05) is 23.1 Å². The zero-order valence-corrected chi connectivity index (χ0v) is 9.51. The third-order valence-electron chi connectivity index (χ3n) is 2.90. The molecule has 0 unspecified atom stereocenters. The second-order valence-corrected chi connectivity index (χ2v) is 4.65. The van der Waals surface area contributed by atoms with Gasteiger partial charge in [-0.1, -0.05) is 30.4 Å².